The van der Waals surface area contributed by atoms with Crippen LogP contribution in [0.1, 0.15) is 32.3 Å². The van der Waals surface area contributed by atoms with E-state index in [-0.39, 0.29) is 5.82 Å². The molecular weight excluding hydrogens is 255 g/mol. The first kappa shape index (κ1) is 12.7. The van der Waals surface area contributed by atoms with Crippen LogP contribution in [-0.4, -0.2) is 4.83 Å². The Hall–Kier alpha value is -0.370. The molecule has 0 aromatic heterocycles. The lowest BCUT2D eigenvalue weighted by Gasteiger charge is -2.19. The number of alkyl halides is 1. The van der Waals surface area contributed by atoms with Crippen LogP contribution in [0.5, 0.6) is 0 Å². The molecule has 0 spiro atoms. The van der Waals surface area contributed by atoms with Crippen molar-refractivity contribution in [3.05, 3.63) is 35.6 Å². The number of halogens is 2. The van der Waals surface area contributed by atoms with Crippen molar-refractivity contribution >= 4 is 15.9 Å². The van der Waals surface area contributed by atoms with Crippen LogP contribution in [0.2, 0.25) is 0 Å². The third-order valence-corrected chi connectivity index (χ3v) is 3.95. The average Bonchev–Trinajstić information content (AvgIpc) is 2.19. The molecule has 0 fully saturated rings. The minimum atomic E-state index is -0.142. The highest BCUT2D eigenvalue weighted by molar-refractivity contribution is 9.09. The molecule has 0 aliphatic carbocycles. The van der Waals surface area contributed by atoms with Crippen molar-refractivity contribution in [2.24, 2.45) is 5.92 Å². The van der Waals surface area contributed by atoms with E-state index < -0.39 is 0 Å². The normalized spacial score (nSPS) is 13.1. The zero-order valence-corrected chi connectivity index (χ0v) is 10.9. The fourth-order valence-electron chi connectivity index (χ4n) is 1.86. The second kappa shape index (κ2) is 6.26. The molecule has 1 unspecified atom stereocenters. The van der Waals surface area contributed by atoms with Gasteiger partial charge in [-0.3, -0.25) is 0 Å². The van der Waals surface area contributed by atoms with E-state index in [9.17, 15) is 4.39 Å². The molecule has 0 amide bonds. The summed E-state index contributed by atoms with van der Waals surface area (Å²) in [5.74, 6) is 0.532. The quantitative estimate of drug-likeness (QED) is 0.689. The summed E-state index contributed by atoms with van der Waals surface area (Å²) in [4.78, 5) is 0.453. The van der Waals surface area contributed by atoms with Crippen LogP contribution in [0.15, 0.2) is 24.3 Å². The van der Waals surface area contributed by atoms with Crippen molar-refractivity contribution in [2.75, 3.05) is 0 Å². The van der Waals surface area contributed by atoms with Gasteiger partial charge in [0.2, 0.25) is 0 Å². The molecule has 0 aliphatic heterocycles. The van der Waals surface area contributed by atoms with Gasteiger partial charge in [-0.1, -0.05) is 54.8 Å². The summed E-state index contributed by atoms with van der Waals surface area (Å²) >= 11 is 3.70. The smallest absolute Gasteiger partial charge is 0.123 e. The van der Waals surface area contributed by atoms with E-state index in [0.29, 0.717) is 10.7 Å². The first-order chi connectivity index (χ1) is 7.17. The van der Waals surface area contributed by atoms with Gasteiger partial charge in [0.15, 0.2) is 0 Å². The van der Waals surface area contributed by atoms with Gasteiger partial charge in [0.1, 0.15) is 5.82 Å². The lowest BCUT2D eigenvalue weighted by Crippen LogP contribution is -2.15. The molecule has 0 N–H and O–H groups in total. The maximum atomic E-state index is 13.0. The van der Waals surface area contributed by atoms with Crippen molar-refractivity contribution in [1.82, 2.24) is 0 Å². The van der Waals surface area contributed by atoms with Crippen LogP contribution < -0.4 is 0 Å². The van der Waals surface area contributed by atoms with Crippen molar-refractivity contribution < 1.29 is 4.39 Å². The molecule has 15 heavy (non-hydrogen) atoms. The molecule has 1 atom stereocenters. The van der Waals surface area contributed by atoms with Gasteiger partial charge in [-0.2, -0.15) is 0 Å². The predicted octanol–water partition coefficient (Wildman–Crippen LogP) is 4.57. The summed E-state index contributed by atoms with van der Waals surface area (Å²) in [6.07, 6.45) is 3.24. The number of hydrogen-bond acceptors (Lipinski definition) is 0. The van der Waals surface area contributed by atoms with Crippen LogP contribution in [0.3, 0.4) is 0 Å². The van der Waals surface area contributed by atoms with Crippen LogP contribution >= 0.6 is 15.9 Å². The van der Waals surface area contributed by atoms with Crippen LogP contribution in [0.4, 0.5) is 4.39 Å². The zero-order chi connectivity index (χ0) is 11.3. The van der Waals surface area contributed by atoms with Crippen LogP contribution in [0.25, 0.3) is 0 Å². The van der Waals surface area contributed by atoms with Gasteiger partial charge >= 0.3 is 0 Å². The van der Waals surface area contributed by atoms with E-state index in [1.165, 1.54) is 18.9 Å². The Labute approximate surface area is 100 Å². The van der Waals surface area contributed by atoms with Gasteiger partial charge in [0.25, 0.3) is 0 Å². The largest absolute Gasteiger partial charge is 0.207 e. The highest BCUT2D eigenvalue weighted by atomic mass is 79.9. The molecule has 0 bridgehead atoms. The Morgan fingerprint density at radius 1 is 1.27 bits per heavy atom. The van der Waals surface area contributed by atoms with Crippen molar-refractivity contribution in [3.63, 3.8) is 0 Å². The van der Waals surface area contributed by atoms with E-state index in [2.05, 4.69) is 29.8 Å². The van der Waals surface area contributed by atoms with E-state index in [0.717, 1.165) is 12.0 Å². The summed E-state index contributed by atoms with van der Waals surface area (Å²) < 4.78 is 13.0. The van der Waals surface area contributed by atoms with E-state index >= 15 is 0 Å². The van der Waals surface area contributed by atoms with Gasteiger partial charge in [-0.25, -0.2) is 4.39 Å². The Balaban J connectivity index is 2.61. The third-order valence-electron chi connectivity index (χ3n) is 2.88. The lowest BCUT2D eigenvalue weighted by molar-refractivity contribution is 0.474. The molecule has 0 saturated heterocycles. The highest BCUT2D eigenvalue weighted by Crippen LogP contribution is 2.24. The molecule has 1 aromatic carbocycles. The summed E-state index contributed by atoms with van der Waals surface area (Å²) in [5, 5.41) is 0. The minimum Gasteiger partial charge on any atom is -0.207 e. The number of rotatable bonds is 5. The Kier molecular flexibility index (Phi) is 5.30. The van der Waals surface area contributed by atoms with Crippen molar-refractivity contribution in [3.8, 4) is 0 Å². The molecule has 0 aliphatic rings. The third kappa shape index (κ3) is 3.94. The van der Waals surface area contributed by atoms with E-state index in [1.807, 2.05) is 6.07 Å². The standard InChI is InChI=1S/C13H18BrF/c1-3-11(4-2)13(14)9-10-6-5-7-12(15)8-10/h5-8,11,13H,3-4,9H2,1-2H3. The molecule has 0 nitrogen and oxygen atoms in total. The van der Waals surface area contributed by atoms with Crippen molar-refractivity contribution in [1.29, 1.82) is 0 Å². The predicted molar refractivity (Wildman–Crippen MR) is 66.9 cm³/mol. The first-order valence-corrected chi connectivity index (χ1v) is 6.47. The Morgan fingerprint density at radius 3 is 2.47 bits per heavy atom. The van der Waals surface area contributed by atoms with Crippen LogP contribution in [-0.2, 0) is 6.42 Å². The molecule has 1 rings (SSSR count). The number of benzene rings is 1. The molecule has 0 radical (unpaired) electrons. The molecule has 0 heterocycles. The first-order valence-electron chi connectivity index (χ1n) is 5.55. The van der Waals surface area contributed by atoms with Gasteiger partial charge in [0.05, 0.1) is 0 Å². The molecule has 2 heteroatoms. The zero-order valence-electron chi connectivity index (χ0n) is 9.34. The van der Waals surface area contributed by atoms with E-state index in [1.54, 1.807) is 12.1 Å². The maximum Gasteiger partial charge on any atom is 0.123 e. The average molecular weight is 273 g/mol. The molecule has 1 aromatic rings. The van der Waals surface area contributed by atoms with Crippen molar-refractivity contribution in [2.45, 2.75) is 37.9 Å². The second-order valence-corrected chi connectivity index (χ2v) is 5.10. The van der Waals surface area contributed by atoms with Gasteiger partial charge < -0.3 is 0 Å². The Bertz CT molecular complexity index is 294. The lowest BCUT2D eigenvalue weighted by atomic mass is 9.95. The summed E-state index contributed by atoms with van der Waals surface area (Å²) in [5.41, 5.74) is 1.07. The number of hydrogen-bond donors (Lipinski definition) is 0. The Morgan fingerprint density at radius 2 is 1.93 bits per heavy atom. The topological polar surface area (TPSA) is 0 Å². The summed E-state index contributed by atoms with van der Waals surface area (Å²) in [6.45, 7) is 4.40. The van der Waals surface area contributed by atoms with Gasteiger partial charge in [-0.15, -0.1) is 0 Å². The van der Waals surface area contributed by atoms with E-state index in [4.69, 9.17) is 0 Å². The minimum absolute atomic E-state index is 0.142. The summed E-state index contributed by atoms with van der Waals surface area (Å²) in [6, 6.07) is 6.87. The second-order valence-electron chi connectivity index (χ2n) is 3.93. The highest BCUT2D eigenvalue weighted by Gasteiger charge is 2.15. The van der Waals surface area contributed by atoms with Crippen LogP contribution in [0, 0.1) is 11.7 Å². The SMILES string of the molecule is CCC(CC)C(Br)Cc1cccc(F)c1. The fraction of sp³-hybridized carbons (Fsp3) is 0.538. The monoisotopic (exact) mass is 272 g/mol. The van der Waals surface area contributed by atoms with Gasteiger partial charge in [0, 0.05) is 4.83 Å². The molecule has 0 saturated carbocycles. The van der Waals surface area contributed by atoms with Gasteiger partial charge in [-0.05, 0) is 30.0 Å². The fourth-order valence-corrected chi connectivity index (χ4v) is 2.98. The maximum absolute atomic E-state index is 13.0. The molecule has 84 valence electrons. The summed E-state index contributed by atoms with van der Waals surface area (Å²) in [7, 11) is 0. The molecular formula is C13H18BrF.